The van der Waals surface area contributed by atoms with Crippen molar-refractivity contribution < 1.29 is 19.3 Å². The second kappa shape index (κ2) is 11.1. The molecule has 1 unspecified atom stereocenters. The molecule has 0 saturated carbocycles. The van der Waals surface area contributed by atoms with E-state index in [1.165, 1.54) is 12.1 Å². The van der Waals surface area contributed by atoms with Crippen molar-refractivity contribution in [2.75, 3.05) is 13.1 Å². The molecule has 31 heavy (non-hydrogen) atoms. The van der Waals surface area contributed by atoms with Gasteiger partial charge in [-0.3, -0.25) is 24.5 Å². The van der Waals surface area contributed by atoms with Crippen LogP contribution < -0.4 is 16.0 Å². The molecule has 2 aromatic rings. The third-order valence-corrected chi connectivity index (χ3v) is 4.71. The highest BCUT2D eigenvalue weighted by Gasteiger charge is 2.25. The number of amides is 3. The van der Waals surface area contributed by atoms with Crippen LogP contribution in [0.4, 0.5) is 5.69 Å². The minimum atomic E-state index is -0.868. The molecule has 1 atom stereocenters. The van der Waals surface area contributed by atoms with Crippen LogP contribution in [0.2, 0.25) is 5.02 Å². The number of nitro groups is 1. The third-order valence-electron chi connectivity index (χ3n) is 4.39. The van der Waals surface area contributed by atoms with Crippen molar-refractivity contribution in [2.45, 2.75) is 19.9 Å². The van der Waals surface area contributed by atoms with Crippen molar-refractivity contribution in [3.05, 3.63) is 74.8 Å². The molecule has 0 saturated heterocycles. The average molecular weight is 447 g/mol. The maximum Gasteiger partial charge on any atom is 0.288 e. The largest absolute Gasteiger partial charge is 0.353 e. The summed E-state index contributed by atoms with van der Waals surface area (Å²) in [5, 5.41) is 18.9. The van der Waals surface area contributed by atoms with Crippen LogP contribution in [0.25, 0.3) is 0 Å². The number of rotatable bonds is 9. The monoisotopic (exact) mass is 446 g/mol. The van der Waals surface area contributed by atoms with Crippen LogP contribution >= 0.6 is 11.6 Å². The van der Waals surface area contributed by atoms with Gasteiger partial charge in [-0.15, -0.1) is 0 Å². The molecule has 2 aromatic carbocycles. The number of nitrogens with one attached hydrogen (secondary N) is 3. The van der Waals surface area contributed by atoms with Crippen molar-refractivity contribution in [3.63, 3.8) is 0 Å². The number of halogens is 1. The van der Waals surface area contributed by atoms with Gasteiger partial charge in [-0.2, -0.15) is 0 Å². The smallest absolute Gasteiger partial charge is 0.288 e. The van der Waals surface area contributed by atoms with Crippen LogP contribution in [0.5, 0.6) is 0 Å². The topological polar surface area (TPSA) is 130 Å². The van der Waals surface area contributed by atoms with Crippen molar-refractivity contribution >= 4 is 35.0 Å². The normalized spacial score (nSPS) is 11.5. The van der Waals surface area contributed by atoms with Gasteiger partial charge in [-0.25, -0.2) is 0 Å². The van der Waals surface area contributed by atoms with Gasteiger partial charge in [0.2, 0.25) is 5.91 Å². The molecule has 164 valence electrons. The van der Waals surface area contributed by atoms with E-state index >= 15 is 0 Å². The summed E-state index contributed by atoms with van der Waals surface area (Å²) in [6.07, 6.45) is 0. The first kappa shape index (κ1) is 23.8. The highest BCUT2D eigenvalue weighted by Crippen LogP contribution is 2.25. The van der Waals surface area contributed by atoms with E-state index in [2.05, 4.69) is 16.0 Å². The third kappa shape index (κ3) is 6.78. The predicted octanol–water partition coefficient (Wildman–Crippen LogP) is 2.55. The maximum atomic E-state index is 12.5. The Kier molecular flexibility index (Phi) is 8.51. The Morgan fingerprint density at radius 2 is 1.61 bits per heavy atom. The number of carbonyl (C=O) groups excluding carboxylic acids is 3. The summed E-state index contributed by atoms with van der Waals surface area (Å²) >= 11 is 5.77. The lowest BCUT2D eigenvalue weighted by atomic mass is 10.0. The summed E-state index contributed by atoms with van der Waals surface area (Å²) in [7, 11) is 0. The van der Waals surface area contributed by atoms with Crippen molar-refractivity contribution in [3.8, 4) is 0 Å². The highest BCUT2D eigenvalue weighted by atomic mass is 35.5. The molecule has 0 fully saturated rings. The van der Waals surface area contributed by atoms with E-state index in [1.54, 1.807) is 44.2 Å². The number of nitrogens with zero attached hydrogens (tertiary/aromatic N) is 1. The van der Waals surface area contributed by atoms with E-state index in [0.717, 1.165) is 6.07 Å². The van der Waals surface area contributed by atoms with Crippen LogP contribution in [0.15, 0.2) is 48.5 Å². The molecule has 3 amide bonds. The van der Waals surface area contributed by atoms with Gasteiger partial charge in [-0.1, -0.05) is 43.6 Å². The van der Waals surface area contributed by atoms with Gasteiger partial charge >= 0.3 is 0 Å². The number of hydrogen-bond acceptors (Lipinski definition) is 5. The summed E-state index contributed by atoms with van der Waals surface area (Å²) < 4.78 is 0. The second-order valence-electron chi connectivity index (χ2n) is 7.03. The van der Waals surface area contributed by atoms with E-state index in [4.69, 9.17) is 11.6 Å². The summed E-state index contributed by atoms with van der Waals surface area (Å²) in [6, 6.07) is 11.5. The van der Waals surface area contributed by atoms with Crippen LogP contribution in [-0.4, -0.2) is 41.8 Å². The molecule has 0 aliphatic carbocycles. The SMILES string of the molecule is CC(C)C(NC(=O)c1ccc(Cl)c([N+](=O)[O-])c1)C(=O)NCCNC(=O)c1ccccc1. The second-order valence-corrected chi connectivity index (χ2v) is 7.44. The Morgan fingerprint density at radius 1 is 0.968 bits per heavy atom. The molecule has 3 N–H and O–H groups in total. The van der Waals surface area contributed by atoms with Crippen molar-refractivity contribution in [1.29, 1.82) is 0 Å². The molecular weight excluding hydrogens is 424 g/mol. The molecule has 0 aliphatic rings. The standard InChI is InChI=1S/C21H23ClN4O5/c1-13(2)18(25-20(28)15-8-9-16(22)17(12-15)26(30)31)21(29)24-11-10-23-19(27)14-6-4-3-5-7-14/h3-9,12-13,18H,10-11H2,1-2H3,(H,23,27)(H,24,29)(H,25,28). The quantitative estimate of drug-likeness (QED) is 0.309. The minimum absolute atomic E-state index is 0.0182. The lowest BCUT2D eigenvalue weighted by molar-refractivity contribution is -0.384. The Bertz CT molecular complexity index is 965. The lowest BCUT2D eigenvalue weighted by Gasteiger charge is -2.22. The van der Waals surface area contributed by atoms with Crippen LogP contribution in [0.3, 0.4) is 0 Å². The first-order chi connectivity index (χ1) is 14.7. The minimum Gasteiger partial charge on any atom is -0.353 e. The molecule has 0 bridgehead atoms. The zero-order chi connectivity index (χ0) is 23.0. The van der Waals surface area contributed by atoms with E-state index in [1.807, 2.05) is 0 Å². The maximum absolute atomic E-state index is 12.5. The summed E-state index contributed by atoms with van der Waals surface area (Å²) in [6.45, 7) is 3.89. The Morgan fingerprint density at radius 3 is 2.23 bits per heavy atom. The highest BCUT2D eigenvalue weighted by molar-refractivity contribution is 6.32. The zero-order valence-corrected chi connectivity index (χ0v) is 17.8. The number of hydrogen-bond donors (Lipinski definition) is 3. The summed E-state index contributed by atoms with van der Waals surface area (Å²) in [5.74, 6) is -1.56. The van der Waals surface area contributed by atoms with Crippen molar-refractivity contribution in [1.82, 2.24) is 16.0 Å². The Hall–Kier alpha value is -3.46. The van der Waals surface area contributed by atoms with E-state index in [9.17, 15) is 24.5 Å². The Balaban J connectivity index is 1.92. The van der Waals surface area contributed by atoms with Crippen LogP contribution in [-0.2, 0) is 4.79 Å². The zero-order valence-electron chi connectivity index (χ0n) is 17.1. The van der Waals surface area contributed by atoms with Gasteiger partial charge in [0, 0.05) is 30.3 Å². The molecule has 0 heterocycles. The number of carbonyl (C=O) groups is 3. The van der Waals surface area contributed by atoms with Crippen LogP contribution in [0.1, 0.15) is 34.6 Å². The van der Waals surface area contributed by atoms with Gasteiger partial charge in [0.15, 0.2) is 0 Å². The Labute approximate surface area is 184 Å². The molecule has 0 radical (unpaired) electrons. The predicted molar refractivity (Wildman–Crippen MR) is 116 cm³/mol. The first-order valence-corrected chi connectivity index (χ1v) is 9.94. The van der Waals surface area contributed by atoms with Gasteiger partial charge in [0.1, 0.15) is 11.1 Å². The molecule has 0 spiro atoms. The molecule has 0 aromatic heterocycles. The first-order valence-electron chi connectivity index (χ1n) is 9.56. The van der Waals surface area contributed by atoms with Gasteiger partial charge < -0.3 is 16.0 Å². The number of nitro benzene ring substituents is 1. The van der Waals surface area contributed by atoms with Gasteiger partial charge in [0.05, 0.1) is 4.92 Å². The fraction of sp³-hybridized carbons (Fsp3) is 0.286. The van der Waals surface area contributed by atoms with Crippen LogP contribution in [0, 0.1) is 16.0 Å². The van der Waals surface area contributed by atoms with Gasteiger partial charge in [-0.05, 0) is 30.2 Å². The molecule has 2 rings (SSSR count). The number of benzene rings is 2. The fourth-order valence-electron chi connectivity index (χ4n) is 2.72. The van der Waals surface area contributed by atoms with E-state index < -0.39 is 28.5 Å². The lowest BCUT2D eigenvalue weighted by Crippen LogP contribution is -2.50. The summed E-state index contributed by atoms with van der Waals surface area (Å²) in [5.41, 5.74) is 0.136. The van der Waals surface area contributed by atoms with Crippen molar-refractivity contribution in [2.24, 2.45) is 5.92 Å². The average Bonchev–Trinajstić information content (AvgIpc) is 2.75. The molecule has 0 aliphatic heterocycles. The molecule has 9 nitrogen and oxygen atoms in total. The molecular formula is C21H23ClN4O5. The van der Waals surface area contributed by atoms with E-state index in [0.29, 0.717) is 5.56 Å². The van der Waals surface area contributed by atoms with E-state index in [-0.39, 0.29) is 35.5 Å². The fourth-order valence-corrected chi connectivity index (χ4v) is 2.90. The molecule has 10 heteroatoms. The summed E-state index contributed by atoms with van der Waals surface area (Å²) in [4.78, 5) is 47.4. The van der Waals surface area contributed by atoms with Gasteiger partial charge in [0.25, 0.3) is 17.5 Å².